The molecule has 0 aromatic heterocycles. The monoisotopic (exact) mass is 387 g/mol. The molecule has 1 aliphatic heterocycles. The molecule has 18 heavy (non-hydrogen) atoms. The van der Waals surface area contributed by atoms with Gasteiger partial charge in [-0.3, -0.25) is 4.99 Å². The van der Waals surface area contributed by atoms with Crippen molar-refractivity contribution >= 4 is 39.8 Å². The quantitative estimate of drug-likeness (QED) is 0.428. The predicted octanol–water partition coefficient (Wildman–Crippen LogP) is 0.886. The summed E-state index contributed by atoms with van der Waals surface area (Å²) in [4.78, 5) is 4.25. The standard InChI is InChI=1S/C11H21N3O2S.HI/c12-11(14-10-3-1-2-4-10)13-7-9-5-6-17(15,16)8-9;/h9-10H,1-8H2,(H3,12,13,14);1H. The van der Waals surface area contributed by atoms with Gasteiger partial charge in [0.2, 0.25) is 0 Å². The Labute approximate surface area is 126 Å². The maximum Gasteiger partial charge on any atom is 0.188 e. The van der Waals surface area contributed by atoms with Crippen molar-refractivity contribution in [1.29, 1.82) is 0 Å². The van der Waals surface area contributed by atoms with Gasteiger partial charge >= 0.3 is 0 Å². The molecule has 3 N–H and O–H groups in total. The maximum atomic E-state index is 11.3. The average molecular weight is 387 g/mol. The van der Waals surface area contributed by atoms with Crippen molar-refractivity contribution in [2.45, 2.75) is 38.1 Å². The Bertz CT molecular complexity index is 391. The van der Waals surface area contributed by atoms with Crippen molar-refractivity contribution in [3.8, 4) is 0 Å². The Kier molecular flexibility index (Phi) is 6.16. The van der Waals surface area contributed by atoms with E-state index in [0.717, 1.165) is 19.3 Å². The van der Waals surface area contributed by atoms with Crippen LogP contribution in [0.1, 0.15) is 32.1 Å². The molecule has 0 aromatic carbocycles. The van der Waals surface area contributed by atoms with E-state index in [1.54, 1.807) is 0 Å². The minimum atomic E-state index is -2.80. The summed E-state index contributed by atoms with van der Waals surface area (Å²) < 4.78 is 22.5. The fraction of sp³-hybridized carbons (Fsp3) is 0.909. The highest BCUT2D eigenvalue weighted by Gasteiger charge is 2.27. The van der Waals surface area contributed by atoms with Gasteiger partial charge in [-0.05, 0) is 25.2 Å². The number of sulfone groups is 1. The summed E-state index contributed by atoms with van der Waals surface area (Å²) in [5, 5.41) is 3.20. The van der Waals surface area contributed by atoms with Crippen LogP contribution in [-0.4, -0.2) is 38.5 Å². The molecule has 0 radical (unpaired) electrons. The Morgan fingerprint density at radius 1 is 1.28 bits per heavy atom. The van der Waals surface area contributed by atoms with Crippen LogP contribution in [0.5, 0.6) is 0 Å². The van der Waals surface area contributed by atoms with Gasteiger partial charge in [-0.15, -0.1) is 24.0 Å². The van der Waals surface area contributed by atoms with Crippen molar-refractivity contribution < 1.29 is 8.42 Å². The summed E-state index contributed by atoms with van der Waals surface area (Å²) in [5.74, 6) is 1.21. The van der Waals surface area contributed by atoms with E-state index >= 15 is 0 Å². The number of halogens is 1. The molecular weight excluding hydrogens is 365 g/mol. The third-order valence-electron chi connectivity index (χ3n) is 3.55. The van der Waals surface area contributed by atoms with Crippen LogP contribution in [0.4, 0.5) is 0 Å². The number of nitrogens with two attached hydrogens (primary N) is 1. The van der Waals surface area contributed by atoms with Gasteiger partial charge in [0, 0.05) is 12.6 Å². The second-order valence-corrected chi connectivity index (χ2v) is 7.35. The van der Waals surface area contributed by atoms with E-state index < -0.39 is 9.84 Å². The molecule has 5 nitrogen and oxygen atoms in total. The summed E-state index contributed by atoms with van der Waals surface area (Å²) >= 11 is 0. The molecule has 1 heterocycles. The van der Waals surface area contributed by atoms with Gasteiger partial charge in [0.15, 0.2) is 15.8 Å². The van der Waals surface area contributed by atoms with Gasteiger partial charge < -0.3 is 11.1 Å². The summed E-state index contributed by atoms with van der Waals surface area (Å²) in [6.45, 7) is 0.533. The fourth-order valence-electron chi connectivity index (χ4n) is 2.57. The molecular formula is C11H22IN3O2S. The molecule has 1 saturated carbocycles. The predicted molar refractivity (Wildman–Crippen MR) is 84.1 cm³/mol. The third-order valence-corrected chi connectivity index (χ3v) is 5.39. The molecule has 2 fully saturated rings. The highest BCUT2D eigenvalue weighted by Crippen LogP contribution is 2.19. The first kappa shape index (κ1) is 16.0. The number of nitrogens with one attached hydrogen (secondary N) is 1. The Morgan fingerprint density at radius 3 is 2.50 bits per heavy atom. The molecule has 1 aliphatic carbocycles. The van der Waals surface area contributed by atoms with Crippen LogP contribution in [0.3, 0.4) is 0 Å². The molecule has 0 aromatic rings. The van der Waals surface area contributed by atoms with E-state index in [4.69, 9.17) is 5.73 Å². The lowest BCUT2D eigenvalue weighted by atomic mass is 10.1. The number of hydrogen-bond donors (Lipinski definition) is 2. The second-order valence-electron chi connectivity index (χ2n) is 5.12. The van der Waals surface area contributed by atoms with Crippen LogP contribution >= 0.6 is 24.0 Å². The van der Waals surface area contributed by atoms with Crippen molar-refractivity contribution in [2.75, 3.05) is 18.1 Å². The minimum absolute atomic E-state index is 0. The zero-order valence-electron chi connectivity index (χ0n) is 10.5. The Morgan fingerprint density at radius 2 is 1.94 bits per heavy atom. The van der Waals surface area contributed by atoms with Gasteiger partial charge in [-0.2, -0.15) is 0 Å². The molecule has 0 bridgehead atoms. The number of rotatable bonds is 3. The molecule has 2 rings (SSSR count). The summed E-state index contributed by atoms with van der Waals surface area (Å²) in [5.41, 5.74) is 5.79. The maximum absolute atomic E-state index is 11.3. The number of hydrogen-bond acceptors (Lipinski definition) is 3. The first-order valence-corrected chi connectivity index (χ1v) is 8.14. The van der Waals surface area contributed by atoms with E-state index in [0.29, 0.717) is 24.3 Å². The van der Waals surface area contributed by atoms with E-state index in [1.807, 2.05) is 0 Å². The van der Waals surface area contributed by atoms with Crippen LogP contribution in [0.25, 0.3) is 0 Å². The Hall–Kier alpha value is -0.0500. The molecule has 106 valence electrons. The topological polar surface area (TPSA) is 84.5 Å². The molecule has 0 amide bonds. The zero-order valence-corrected chi connectivity index (χ0v) is 13.6. The molecule has 1 atom stereocenters. The zero-order chi connectivity index (χ0) is 12.3. The number of nitrogens with zero attached hydrogens (tertiary/aromatic N) is 1. The van der Waals surface area contributed by atoms with Gasteiger partial charge in [-0.25, -0.2) is 8.42 Å². The lowest BCUT2D eigenvalue weighted by Crippen LogP contribution is -2.38. The normalized spacial score (nSPS) is 28.0. The smallest absolute Gasteiger partial charge is 0.188 e. The van der Waals surface area contributed by atoms with Crippen LogP contribution in [0.2, 0.25) is 0 Å². The summed E-state index contributed by atoms with van der Waals surface area (Å²) in [6, 6.07) is 0.464. The second kappa shape index (κ2) is 6.93. The lowest BCUT2D eigenvalue weighted by Gasteiger charge is -2.13. The van der Waals surface area contributed by atoms with Crippen LogP contribution in [-0.2, 0) is 9.84 Å². The SMILES string of the molecule is I.NC(=NCC1CCS(=O)(=O)C1)NC1CCCC1. The van der Waals surface area contributed by atoms with Crippen molar-refractivity contribution in [3.63, 3.8) is 0 Å². The molecule has 2 aliphatic rings. The number of guanidine groups is 1. The number of aliphatic imine (C=N–C) groups is 1. The van der Waals surface area contributed by atoms with E-state index in [-0.39, 0.29) is 35.6 Å². The highest BCUT2D eigenvalue weighted by molar-refractivity contribution is 14.0. The van der Waals surface area contributed by atoms with Gasteiger partial charge in [0.05, 0.1) is 11.5 Å². The van der Waals surface area contributed by atoms with Gasteiger partial charge in [0.25, 0.3) is 0 Å². The van der Waals surface area contributed by atoms with E-state index in [2.05, 4.69) is 10.3 Å². The van der Waals surface area contributed by atoms with Crippen molar-refractivity contribution in [1.82, 2.24) is 5.32 Å². The average Bonchev–Trinajstić information content (AvgIpc) is 2.85. The third kappa shape index (κ3) is 4.91. The molecule has 7 heteroatoms. The first-order valence-electron chi connectivity index (χ1n) is 6.32. The van der Waals surface area contributed by atoms with Gasteiger partial charge in [-0.1, -0.05) is 12.8 Å². The fourth-order valence-corrected chi connectivity index (χ4v) is 4.42. The molecule has 0 spiro atoms. The first-order chi connectivity index (χ1) is 8.05. The summed E-state index contributed by atoms with van der Waals surface area (Å²) in [7, 11) is -2.80. The summed E-state index contributed by atoms with van der Waals surface area (Å²) in [6.07, 6.45) is 5.56. The van der Waals surface area contributed by atoms with Crippen LogP contribution in [0, 0.1) is 5.92 Å². The van der Waals surface area contributed by atoms with Crippen LogP contribution < -0.4 is 11.1 Å². The van der Waals surface area contributed by atoms with Gasteiger partial charge in [0.1, 0.15) is 0 Å². The van der Waals surface area contributed by atoms with Crippen molar-refractivity contribution in [2.24, 2.45) is 16.6 Å². The highest BCUT2D eigenvalue weighted by atomic mass is 127. The largest absolute Gasteiger partial charge is 0.370 e. The van der Waals surface area contributed by atoms with E-state index in [9.17, 15) is 8.42 Å². The molecule has 1 unspecified atom stereocenters. The van der Waals surface area contributed by atoms with Crippen molar-refractivity contribution in [3.05, 3.63) is 0 Å². The molecule has 1 saturated heterocycles. The van der Waals surface area contributed by atoms with E-state index in [1.165, 1.54) is 12.8 Å². The van der Waals surface area contributed by atoms with Crippen LogP contribution in [0.15, 0.2) is 4.99 Å². The Balaban J connectivity index is 0.00000162. The minimum Gasteiger partial charge on any atom is -0.370 e. The lowest BCUT2D eigenvalue weighted by molar-refractivity contribution is 0.586.